The van der Waals surface area contributed by atoms with Gasteiger partial charge in [-0.25, -0.2) is 0 Å². The van der Waals surface area contributed by atoms with Crippen molar-refractivity contribution in [1.29, 1.82) is 0 Å². The average molecular weight is 376 g/mol. The molecular formula is C19H24N2O6. The molecule has 1 aliphatic rings. The number of aromatic nitrogens is 2. The molecule has 2 aromatic rings. The van der Waals surface area contributed by atoms with Crippen molar-refractivity contribution in [2.24, 2.45) is 5.92 Å². The maximum Gasteiger partial charge on any atom is 0.312 e. The SMILES string of the molecule is CCOC(=O)[C@@H]1[C@H](c2ccc(OC)c(OC)c2)c2c([nH][nH]c2=O)C[C@@]1(C)O. The van der Waals surface area contributed by atoms with Gasteiger partial charge in [0.15, 0.2) is 11.5 Å². The predicted octanol–water partition coefficient (Wildman–Crippen LogP) is 1.34. The Kier molecular flexibility index (Phi) is 5.01. The van der Waals surface area contributed by atoms with Crippen molar-refractivity contribution >= 4 is 5.97 Å². The maximum atomic E-state index is 12.8. The van der Waals surface area contributed by atoms with Gasteiger partial charge in [-0.15, -0.1) is 0 Å². The summed E-state index contributed by atoms with van der Waals surface area (Å²) in [5, 5.41) is 16.4. The van der Waals surface area contributed by atoms with Crippen LogP contribution in [0.5, 0.6) is 11.5 Å². The highest BCUT2D eigenvalue weighted by Crippen LogP contribution is 2.46. The first-order valence-corrected chi connectivity index (χ1v) is 8.74. The fourth-order valence-electron chi connectivity index (χ4n) is 3.89. The molecule has 1 aromatic heterocycles. The lowest BCUT2D eigenvalue weighted by Gasteiger charge is -2.40. The van der Waals surface area contributed by atoms with Crippen molar-refractivity contribution in [3.8, 4) is 11.5 Å². The molecule has 8 nitrogen and oxygen atoms in total. The van der Waals surface area contributed by atoms with Gasteiger partial charge in [0.25, 0.3) is 5.56 Å². The number of fused-ring (bicyclic) bond motifs is 1. The largest absolute Gasteiger partial charge is 0.493 e. The van der Waals surface area contributed by atoms with E-state index in [1.807, 2.05) is 0 Å². The fraction of sp³-hybridized carbons (Fsp3) is 0.474. The molecule has 0 amide bonds. The number of aliphatic hydroxyl groups is 1. The molecule has 1 heterocycles. The van der Waals surface area contributed by atoms with Gasteiger partial charge in [-0.1, -0.05) is 6.07 Å². The van der Waals surface area contributed by atoms with E-state index in [1.165, 1.54) is 14.2 Å². The Hall–Kier alpha value is -2.74. The minimum absolute atomic E-state index is 0.133. The van der Waals surface area contributed by atoms with E-state index in [1.54, 1.807) is 32.0 Å². The molecule has 0 unspecified atom stereocenters. The van der Waals surface area contributed by atoms with Crippen LogP contribution >= 0.6 is 0 Å². The second-order valence-corrected chi connectivity index (χ2v) is 6.83. The van der Waals surface area contributed by atoms with E-state index in [9.17, 15) is 14.7 Å². The maximum absolute atomic E-state index is 12.8. The smallest absolute Gasteiger partial charge is 0.312 e. The van der Waals surface area contributed by atoms with Gasteiger partial charge in [-0.3, -0.25) is 14.7 Å². The summed E-state index contributed by atoms with van der Waals surface area (Å²) in [6, 6.07) is 5.18. The van der Waals surface area contributed by atoms with Crippen LogP contribution in [-0.2, 0) is 16.0 Å². The third kappa shape index (κ3) is 3.21. The second-order valence-electron chi connectivity index (χ2n) is 6.83. The van der Waals surface area contributed by atoms with Crippen LogP contribution in [0.25, 0.3) is 0 Å². The number of benzene rings is 1. The Morgan fingerprint density at radius 3 is 2.59 bits per heavy atom. The number of H-pyrrole nitrogens is 2. The molecule has 146 valence electrons. The van der Waals surface area contributed by atoms with Crippen LogP contribution in [0.15, 0.2) is 23.0 Å². The molecule has 8 heteroatoms. The number of rotatable bonds is 5. The molecule has 1 aromatic carbocycles. The summed E-state index contributed by atoms with van der Waals surface area (Å²) < 4.78 is 15.9. The summed E-state index contributed by atoms with van der Waals surface area (Å²) >= 11 is 0. The minimum Gasteiger partial charge on any atom is -0.493 e. The molecule has 0 aliphatic heterocycles. The zero-order valence-electron chi connectivity index (χ0n) is 15.8. The average Bonchev–Trinajstić information content (AvgIpc) is 2.99. The summed E-state index contributed by atoms with van der Waals surface area (Å²) in [5.74, 6) is -1.19. The van der Waals surface area contributed by atoms with Gasteiger partial charge in [0.05, 0.1) is 32.3 Å². The van der Waals surface area contributed by atoms with Gasteiger partial charge >= 0.3 is 5.97 Å². The molecule has 0 saturated carbocycles. The first-order chi connectivity index (χ1) is 12.8. The lowest BCUT2D eigenvalue weighted by Crippen LogP contribution is -2.50. The molecule has 3 N–H and O–H groups in total. The highest BCUT2D eigenvalue weighted by molar-refractivity contribution is 5.77. The second kappa shape index (κ2) is 7.11. The van der Waals surface area contributed by atoms with Crippen molar-refractivity contribution in [3.05, 3.63) is 45.4 Å². The lowest BCUT2D eigenvalue weighted by atomic mass is 9.66. The van der Waals surface area contributed by atoms with Crippen LogP contribution in [0.1, 0.15) is 36.6 Å². The van der Waals surface area contributed by atoms with Gasteiger partial charge in [-0.2, -0.15) is 0 Å². The molecule has 3 atom stereocenters. The van der Waals surface area contributed by atoms with Crippen LogP contribution in [0.3, 0.4) is 0 Å². The minimum atomic E-state index is -1.40. The van der Waals surface area contributed by atoms with Crippen molar-refractivity contribution < 1.29 is 24.1 Å². The quantitative estimate of drug-likeness (QED) is 0.679. The zero-order valence-corrected chi connectivity index (χ0v) is 15.8. The molecule has 0 fully saturated rings. The molecule has 0 bridgehead atoms. The molecule has 3 rings (SSSR count). The molecule has 1 aliphatic carbocycles. The summed E-state index contributed by atoms with van der Waals surface area (Å²) in [4.78, 5) is 25.2. The standard InChI is InChI=1S/C19H24N2O6/c1-5-27-18(23)16-14(10-6-7-12(25-3)13(8-10)26-4)15-11(9-19(16,2)24)20-21-17(15)22/h6-8,14,16,24H,5,9H2,1-4H3,(H2,20,21,22)/t14-,16+,19-/m1/s1. The van der Waals surface area contributed by atoms with Crippen molar-refractivity contribution in [3.63, 3.8) is 0 Å². The van der Waals surface area contributed by atoms with E-state index in [-0.39, 0.29) is 18.6 Å². The molecule has 0 spiro atoms. The van der Waals surface area contributed by atoms with E-state index in [0.717, 1.165) is 0 Å². The third-order valence-corrected chi connectivity index (χ3v) is 5.05. The number of carbonyl (C=O) groups excluding carboxylic acids is 1. The zero-order chi connectivity index (χ0) is 19.8. The number of hydrogen-bond donors (Lipinski definition) is 3. The van der Waals surface area contributed by atoms with Crippen LogP contribution in [0.2, 0.25) is 0 Å². The fourth-order valence-corrected chi connectivity index (χ4v) is 3.89. The van der Waals surface area contributed by atoms with Crippen molar-refractivity contribution in [2.45, 2.75) is 31.8 Å². The summed E-state index contributed by atoms with van der Waals surface area (Å²) in [6.07, 6.45) is 0.133. The highest BCUT2D eigenvalue weighted by Gasteiger charge is 2.51. The normalized spacial score (nSPS) is 24.2. The number of methoxy groups -OCH3 is 2. The first-order valence-electron chi connectivity index (χ1n) is 8.74. The van der Waals surface area contributed by atoms with Crippen molar-refractivity contribution in [1.82, 2.24) is 10.2 Å². The highest BCUT2D eigenvalue weighted by atomic mass is 16.5. The van der Waals surface area contributed by atoms with E-state index in [2.05, 4.69) is 10.2 Å². The van der Waals surface area contributed by atoms with E-state index < -0.39 is 23.4 Å². The number of nitrogens with one attached hydrogen (secondary N) is 2. The lowest BCUT2D eigenvalue weighted by molar-refractivity contribution is -0.159. The topological polar surface area (TPSA) is 114 Å². The summed E-state index contributed by atoms with van der Waals surface area (Å²) in [6.45, 7) is 3.46. The van der Waals surface area contributed by atoms with Crippen LogP contribution in [-0.4, -0.2) is 47.7 Å². The monoisotopic (exact) mass is 376 g/mol. The predicted molar refractivity (Wildman–Crippen MR) is 97.3 cm³/mol. The van der Waals surface area contributed by atoms with Crippen LogP contribution < -0.4 is 15.0 Å². The number of ether oxygens (including phenoxy) is 3. The number of carbonyl (C=O) groups is 1. The Morgan fingerprint density at radius 2 is 1.96 bits per heavy atom. The molecular weight excluding hydrogens is 352 g/mol. The van der Waals surface area contributed by atoms with Gasteiger partial charge < -0.3 is 24.4 Å². The Labute approximate surface area is 156 Å². The number of esters is 1. The molecule has 0 saturated heterocycles. The van der Waals surface area contributed by atoms with E-state index >= 15 is 0 Å². The van der Waals surface area contributed by atoms with Gasteiger partial charge in [0.2, 0.25) is 0 Å². The first kappa shape index (κ1) is 19.0. The third-order valence-electron chi connectivity index (χ3n) is 5.05. The Bertz CT molecular complexity index is 898. The molecule has 27 heavy (non-hydrogen) atoms. The molecule has 0 radical (unpaired) electrons. The van der Waals surface area contributed by atoms with Crippen molar-refractivity contribution in [2.75, 3.05) is 20.8 Å². The van der Waals surface area contributed by atoms with E-state index in [4.69, 9.17) is 14.2 Å². The van der Waals surface area contributed by atoms with Gasteiger partial charge in [-0.05, 0) is 31.5 Å². The number of hydrogen-bond acceptors (Lipinski definition) is 6. The van der Waals surface area contributed by atoms with E-state index in [0.29, 0.717) is 28.3 Å². The van der Waals surface area contributed by atoms with Crippen LogP contribution in [0, 0.1) is 5.92 Å². The van der Waals surface area contributed by atoms with Gasteiger partial charge in [0.1, 0.15) is 0 Å². The van der Waals surface area contributed by atoms with Gasteiger partial charge in [0, 0.05) is 23.6 Å². The summed E-state index contributed by atoms with van der Waals surface area (Å²) in [7, 11) is 3.04. The summed E-state index contributed by atoms with van der Waals surface area (Å²) in [5.41, 5.74) is -0.0777. The number of aromatic amines is 2. The Balaban J connectivity index is 2.22. The Morgan fingerprint density at radius 1 is 1.26 bits per heavy atom. The van der Waals surface area contributed by atoms with Crippen LogP contribution in [0.4, 0.5) is 0 Å².